The minimum absolute atomic E-state index is 0.193. The van der Waals surface area contributed by atoms with Gasteiger partial charge in [0, 0.05) is 19.5 Å². The predicted molar refractivity (Wildman–Crippen MR) is 84.7 cm³/mol. The van der Waals surface area contributed by atoms with Crippen LogP contribution in [0.25, 0.3) is 0 Å². The van der Waals surface area contributed by atoms with E-state index in [1.165, 1.54) is 17.5 Å². The van der Waals surface area contributed by atoms with Crippen molar-refractivity contribution in [2.24, 2.45) is 0 Å². The molecule has 1 atom stereocenters. The predicted octanol–water partition coefficient (Wildman–Crippen LogP) is 2.28. The molecule has 1 aromatic carbocycles. The first-order valence-electron chi connectivity index (χ1n) is 7.73. The number of amides is 1. The van der Waals surface area contributed by atoms with Gasteiger partial charge in [-0.15, -0.1) is 0 Å². The number of carbonyl (C=O) groups excluding carboxylic acids is 1. The van der Waals surface area contributed by atoms with Gasteiger partial charge in [0.15, 0.2) is 0 Å². The summed E-state index contributed by atoms with van der Waals surface area (Å²) < 4.78 is 5.75. The van der Waals surface area contributed by atoms with E-state index in [4.69, 9.17) is 4.74 Å². The first kappa shape index (κ1) is 15.8. The fourth-order valence-electron chi connectivity index (χ4n) is 2.74. The molecule has 1 saturated heterocycles. The molecular formula is C17H26N2O2. The Bertz CT molecular complexity index is 461. The number of ether oxygens (including phenoxy) is 1. The lowest BCUT2D eigenvalue weighted by Crippen LogP contribution is -2.35. The Morgan fingerprint density at radius 1 is 1.33 bits per heavy atom. The topological polar surface area (TPSA) is 41.6 Å². The van der Waals surface area contributed by atoms with Gasteiger partial charge in [0.05, 0.1) is 6.54 Å². The summed E-state index contributed by atoms with van der Waals surface area (Å²) in [5.41, 5.74) is 2.39. The highest BCUT2D eigenvalue weighted by Gasteiger charge is 2.19. The quantitative estimate of drug-likeness (QED) is 0.874. The third-order valence-corrected chi connectivity index (χ3v) is 3.90. The maximum absolute atomic E-state index is 12.1. The lowest BCUT2D eigenvalue weighted by Gasteiger charge is -2.19. The van der Waals surface area contributed by atoms with Gasteiger partial charge < -0.3 is 15.0 Å². The molecule has 1 N–H and O–H groups in total. The molecule has 1 aromatic rings. The van der Waals surface area contributed by atoms with E-state index in [2.05, 4.69) is 25.2 Å². The molecule has 0 bridgehead atoms. The molecule has 4 nitrogen and oxygen atoms in total. The molecule has 116 valence electrons. The Balaban J connectivity index is 1.72. The fourth-order valence-corrected chi connectivity index (χ4v) is 2.74. The van der Waals surface area contributed by atoms with Crippen LogP contribution in [-0.4, -0.2) is 43.6 Å². The number of likely N-dealkylation sites (N-methyl/N-ethyl adjacent to an activating group) is 1. The largest absolute Gasteiger partial charge is 0.492 e. The maximum atomic E-state index is 12.1. The standard InChI is InChI=1S/C17H26N2O2/c1-13-9-14(2)11-16(10-13)21-8-7-19(3)17(20)12-15-5-4-6-18-15/h9-11,15,18H,4-8,12H2,1-3H3. The van der Waals surface area contributed by atoms with Crippen LogP contribution < -0.4 is 10.1 Å². The van der Waals surface area contributed by atoms with Crippen molar-refractivity contribution in [3.8, 4) is 5.75 Å². The summed E-state index contributed by atoms with van der Waals surface area (Å²) in [5, 5.41) is 3.36. The average Bonchev–Trinajstić information content (AvgIpc) is 2.90. The van der Waals surface area contributed by atoms with Gasteiger partial charge in [-0.3, -0.25) is 4.79 Å². The highest BCUT2D eigenvalue weighted by atomic mass is 16.5. The smallest absolute Gasteiger partial charge is 0.223 e. The Kier molecular flexibility index (Phi) is 5.62. The molecule has 1 unspecified atom stereocenters. The molecule has 0 saturated carbocycles. The Morgan fingerprint density at radius 2 is 2.05 bits per heavy atom. The van der Waals surface area contributed by atoms with Crippen molar-refractivity contribution in [1.29, 1.82) is 0 Å². The van der Waals surface area contributed by atoms with Gasteiger partial charge in [0.2, 0.25) is 5.91 Å². The van der Waals surface area contributed by atoms with E-state index in [0.29, 0.717) is 25.6 Å². The monoisotopic (exact) mass is 290 g/mol. The molecule has 4 heteroatoms. The normalized spacial score (nSPS) is 17.8. The van der Waals surface area contributed by atoms with Crippen LogP contribution in [0.3, 0.4) is 0 Å². The highest BCUT2D eigenvalue weighted by molar-refractivity contribution is 5.76. The van der Waals surface area contributed by atoms with Crippen LogP contribution in [0.4, 0.5) is 0 Å². The second-order valence-electron chi connectivity index (χ2n) is 5.98. The van der Waals surface area contributed by atoms with Crippen LogP contribution in [-0.2, 0) is 4.79 Å². The van der Waals surface area contributed by atoms with E-state index in [0.717, 1.165) is 18.7 Å². The minimum atomic E-state index is 0.193. The van der Waals surface area contributed by atoms with Crippen molar-refractivity contribution in [3.05, 3.63) is 29.3 Å². The van der Waals surface area contributed by atoms with Crippen molar-refractivity contribution in [3.63, 3.8) is 0 Å². The number of nitrogens with zero attached hydrogens (tertiary/aromatic N) is 1. The number of aryl methyl sites for hydroxylation is 2. The van der Waals surface area contributed by atoms with Gasteiger partial charge in [-0.1, -0.05) is 6.07 Å². The van der Waals surface area contributed by atoms with E-state index in [9.17, 15) is 4.79 Å². The van der Waals surface area contributed by atoms with Crippen molar-refractivity contribution in [2.45, 2.75) is 39.2 Å². The molecule has 2 rings (SSSR count). The molecule has 1 aliphatic rings. The SMILES string of the molecule is Cc1cc(C)cc(OCCN(C)C(=O)CC2CCCN2)c1. The first-order valence-corrected chi connectivity index (χ1v) is 7.73. The average molecular weight is 290 g/mol. The van der Waals surface area contributed by atoms with Crippen LogP contribution in [0.1, 0.15) is 30.4 Å². The summed E-state index contributed by atoms with van der Waals surface area (Å²) in [6.07, 6.45) is 2.89. The fraction of sp³-hybridized carbons (Fsp3) is 0.588. The van der Waals surface area contributed by atoms with Crippen LogP contribution >= 0.6 is 0 Å². The van der Waals surface area contributed by atoms with Crippen LogP contribution in [0, 0.1) is 13.8 Å². The molecule has 21 heavy (non-hydrogen) atoms. The molecule has 1 aliphatic heterocycles. The summed E-state index contributed by atoms with van der Waals surface area (Å²) >= 11 is 0. The number of benzene rings is 1. The molecule has 0 aliphatic carbocycles. The van der Waals surface area contributed by atoms with Crippen LogP contribution in [0.15, 0.2) is 18.2 Å². The Morgan fingerprint density at radius 3 is 2.67 bits per heavy atom. The summed E-state index contributed by atoms with van der Waals surface area (Å²) in [4.78, 5) is 13.8. The summed E-state index contributed by atoms with van der Waals surface area (Å²) in [7, 11) is 1.85. The lowest BCUT2D eigenvalue weighted by molar-refractivity contribution is -0.130. The highest BCUT2D eigenvalue weighted by Crippen LogP contribution is 2.16. The van der Waals surface area contributed by atoms with E-state index in [1.54, 1.807) is 4.90 Å². The second kappa shape index (κ2) is 7.46. The second-order valence-corrected chi connectivity index (χ2v) is 5.98. The number of rotatable bonds is 6. The lowest BCUT2D eigenvalue weighted by atomic mass is 10.1. The van der Waals surface area contributed by atoms with E-state index in [1.807, 2.05) is 19.2 Å². The zero-order valence-corrected chi connectivity index (χ0v) is 13.3. The van der Waals surface area contributed by atoms with Crippen molar-refractivity contribution >= 4 is 5.91 Å². The van der Waals surface area contributed by atoms with Crippen molar-refractivity contribution in [2.75, 3.05) is 26.7 Å². The minimum Gasteiger partial charge on any atom is -0.492 e. The van der Waals surface area contributed by atoms with E-state index >= 15 is 0 Å². The number of nitrogens with one attached hydrogen (secondary N) is 1. The number of carbonyl (C=O) groups is 1. The van der Waals surface area contributed by atoms with Gasteiger partial charge >= 0.3 is 0 Å². The molecule has 0 spiro atoms. The van der Waals surface area contributed by atoms with Gasteiger partial charge in [-0.25, -0.2) is 0 Å². The van der Waals surface area contributed by atoms with Crippen LogP contribution in [0.2, 0.25) is 0 Å². The van der Waals surface area contributed by atoms with Crippen molar-refractivity contribution < 1.29 is 9.53 Å². The van der Waals surface area contributed by atoms with E-state index in [-0.39, 0.29) is 5.91 Å². The van der Waals surface area contributed by atoms with Gasteiger partial charge in [-0.2, -0.15) is 0 Å². The summed E-state index contributed by atoms with van der Waals surface area (Å²) in [6.45, 7) is 6.31. The molecule has 1 heterocycles. The van der Waals surface area contributed by atoms with Gasteiger partial charge in [-0.05, 0) is 56.5 Å². The maximum Gasteiger partial charge on any atom is 0.223 e. The van der Waals surface area contributed by atoms with Crippen LogP contribution in [0.5, 0.6) is 5.75 Å². The third-order valence-electron chi connectivity index (χ3n) is 3.90. The summed E-state index contributed by atoms with van der Waals surface area (Å²) in [6, 6.07) is 6.53. The van der Waals surface area contributed by atoms with Gasteiger partial charge in [0.1, 0.15) is 12.4 Å². The first-order chi connectivity index (χ1) is 10.0. The van der Waals surface area contributed by atoms with Gasteiger partial charge in [0.25, 0.3) is 0 Å². The number of hydrogen-bond acceptors (Lipinski definition) is 3. The Labute approximate surface area is 127 Å². The number of hydrogen-bond donors (Lipinski definition) is 1. The third kappa shape index (κ3) is 5.05. The summed E-state index contributed by atoms with van der Waals surface area (Å²) in [5.74, 6) is 1.07. The molecular weight excluding hydrogens is 264 g/mol. The Hall–Kier alpha value is -1.55. The zero-order chi connectivity index (χ0) is 15.2. The van der Waals surface area contributed by atoms with E-state index < -0.39 is 0 Å². The molecule has 0 radical (unpaired) electrons. The van der Waals surface area contributed by atoms with Crippen molar-refractivity contribution in [1.82, 2.24) is 10.2 Å². The molecule has 0 aromatic heterocycles. The molecule has 1 amide bonds. The molecule has 1 fully saturated rings. The zero-order valence-electron chi connectivity index (χ0n) is 13.3.